The Hall–Kier alpha value is -1.71. The van der Waals surface area contributed by atoms with Gasteiger partial charge in [-0.25, -0.2) is 4.98 Å². The topological polar surface area (TPSA) is 47.8 Å². The minimum absolute atomic E-state index is 0.206. The summed E-state index contributed by atoms with van der Waals surface area (Å²) in [6, 6.07) is 3.95. The lowest BCUT2D eigenvalue weighted by molar-refractivity contribution is -0.131. The van der Waals surface area contributed by atoms with Gasteiger partial charge in [0.2, 0.25) is 0 Å². The molecule has 0 radical (unpaired) electrons. The van der Waals surface area contributed by atoms with Crippen molar-refractivity contribution in [1.29, 1.82) is 0 Å². The normalized spacial score (nSPS) is 42.1. The fourth-order valence-electron chi connectivity index (χ4n) is 8.87. The molecule has 4 heteroatoms. The van der Waals surface area contributed by atoms with E-state index >= 15 is 0 Å². The van der Waals surface area contributed by atoms with E-state index in [9.17, 15) is 4.79 Å². The third kappa shape index (κ3) is 3.19. The number of hydrogen-bond donors (Lipinski definition) is 0. The highest BCUT2D eigenvalue weighted by Gasteiger charge is 2.58. The van der Waals surface area contributed by atoms with Crippen LogP contribution in [0.5, 0.6) is 0 Å². The minimum atomic E-state index is 0.206. The average Bonchev–Trinajstić information content (AvgIpc) is 3.33. The van der Waals surface area contributed by atoms with Crippen LogP contribution in [0.4, 0.5) is 0 Å². The number of pyridine rings is 1. The molecule has 8 atom stereocenters. The van der Waals surface area contributed by atoms with Gasteiger partial charge >= 0.3 is 0 Å². The fourth-order valence-corrected chi connectivity index (χ4v) is 8.87. The molecule has 2 aromatic rings. The SMILES string of the molecule is C[C@H]1CC[C@@H]2C3CC[C@@]4(C)C(CC[C@@H]4C(=O)Cn4cc5cccnc5n4)[C@@H]3CC[C@@H]2C1. The summed E-state index contributed by atoms with van der Waals surface area (Å²) in [6.07, 6.45) is 16.0. The highest BCUT2D eigenvalue weighted by atomic mass is 16.1. The molecule has 6 rings (SSSR count). The second-order valence-electron chi connectivity index (χ2n) is 11.7. The lowest BCUT2D eigenvalue weighted by Gasteiger charge is -2.56. The van der Waals surface area contributed by atoms with Crippen LogP contribution in [0.2, 0.25) is 0 Å². The van der Waals surface area contributed by atoms with E-state index in [1.54, 1.807) is 6.20 Å². The van der Waals surface area contributed by atoms with Crippen LogP contribution >= 0.6 is 0 Å². The number of fused-ring (bicyclic) bond motifs is 6. The summed E-state index contributed by atoms with van der Waals surface area (Å²) in [5.41, 5.74) is 0.947. The molecular formula is C27H37N3O. The van der Waals surface area contributed by atoms with Crippen molar-refractivity contribution in [3.05, 3.63) is 24.5 Å². The number of ketones is 1. The van der Waals surface area contributed by atoms with E-state index in [2.05, 4.69) is 23.9 Å². The largest absolute Gasteiger partial charge is 0.297 e. The standard InChI is InChI=1S/C27H37N3O/c1-17-5-7-20-18(14-17)6-8-22-21(20)11-12-27(2)23(22)9-10-24(27)25(31)16-30-15-19-4-3-13-28-26(19)29-30/h3-4,13,15,17-18,20-24H,5-12,14,16H2,1-2H3/t17-,18+,20-,21?,22+,23?,24+,27-/m0/s1. The predicted molar refractivity (Wildman–Crippen MR) is 122 cm³/mol. The van der Waals surface area contributed by atoms with Crippen molar-refractivity contribution in [3.63, 3.8) is 0 Å². The van der Waals surface area contributed by atoms with Crippen LogP contribution in [0.25, 0.3) is 11.0 Å². The second kappa shape index (κ2) is 7.42. The lowest BCUT2D eigenvalue weighted by Crippen LogP contribution is -2.49. The van der Waals surface area contributed by atoms with Crippen LogP contribution in [0.15, 0.2) is 24.5 Å². The quantitative estimate of drug-likeness (QED) is 0.622. The first kappa shape index (κ1) is 19.9. The number of Topliss-reactive ketones (excluding diaryl/α,β-unsaturated/α-hetero) is 1. The van der Waals surface area contributed by atoms with E-state index < -0.39 is 0 Å². The fraction of sp³-hybridized carbons (Fsp3) is 0.741. The summed E-state index contributed by atoms with van der Waals surface area (Å²) in [6.45, 7) is 5.34. The zero-order valence-corrected chi connectivity index (χ0v) is 19.2. The Kier molecular flexibility index (Phi) is 4.77. The molecule has 0 aromatic carbocycles. The third-order valence-corrected chi connectivity index (χ3v) is 10.3. The highest BCUT2D eigenvalue weighted by molar-refractivity contribution is 5.82. The highest BCUT2D eigenvalue weighted by Crippen LogP contribution is 2.64. The van der Waals surface area contributed by atoms with Gasteiger partial charge in [-0.3, -0.25) is 9.48 Å². The smallest absolute Gasteiger partial charge is 0.181 e. The summed E-state index contributed by atoms with van der Waals surface area (Å²) in [5.74, 6) is 6.12. The van der Waals surface area contributed by atoms with Crippen molar-refractivity contribution in [3.8, 4) is 0 Å². The Morgan fingerprint density at radius 2 is 1.97 bits per heavy atom. The predicted octanol–water partition coefficient (Wildman–Crippen LogP) is 5.91. The number of aromatic nitrogens is 3. The van der Waals surface area contributed by atoms with E-state index in [0.29, 0.717) is 12.3 Å². The Balaban J connectivity index is 1.19. The van der Waals surface area contributed by atoms with Crippen LogP contribution in [0, 0.1) is 46.8 Å². The van der Waals surface area contributed by atoms with Crippen molar-refractivity contribution in [2.24, 2.45) is 46.8 Å². The number of hydrogen-bond acceptors (Lipinski definition) is 3. The molecule has 2 aromatic heterocycles. The van der Waals surface area contributed by atoms with Gasteiger partial charge in [0.05, 0.1) is 6.54 Å². The van der Waals surface area contributed by atoms with E-state index in [1.165, 1.54) is 51.4 Å². The minimum Gasteiger partial charge on any atom is -0.297 e. The first-order chi connectivity index (χ1) is 15.0. The molecular weight excluding hydrogens is 382 g/mol. The van der Waals surface area contributed by atoms with E-state index in [0.717, 1.165) is 53.0 Å². The molecule has 166 valence electrons. The van der Waals surface area contributed by atoms with E-state index in [4.69, 9.17) is 0 Å². The average molecular weight is 420 g/mol. The van der Waals surface area contributed by atoms with Crippen molar-refractivity contribution in [2.75, 3.05) is 0 Å². The van der Waals surface area contributed by atoms with Gasteiger partial charge in [0.15, 0.2) is 11.4 Å². The molecule has 2 heterocycles. The van der Waals surface area contributed by atoms with Gasteiger partial charge in [-0.15, -0.1) is 0 Å². The molecule has 4 saturated carbocycles. The maximum Gasteiger partial charge on any atom is 0.181 e. The van der Waals surface area contributed by atoms with Crippen LogP contribution < -0.4 is 0 Å². The number of carbonyl (C=O) groups is 1. The van der Waals surface area contributed by atoms with Gasteiger partial charge in [-0.05, 0) is 104 Å². The molecule has 4 aliphatic rings. The molecule has 0 saturated heterocycles. The van der Waals surface area contributed by atoms with Gasteiger partial charge in [-0.2, -0.15) is 5.10 Å². The van der Waals surface area contributed by atoms with Crippen LogP contribution in [-0.2, 0) is 11.3 Å². The second-order valence-corrected chi connectivity index (χ2v) is 11.7. The van der Waals surface area contributed by atoms with Crippen LogP contribution in [-0.4, -0.2) is 20.5 Å². The van der Waals surface area contributed by atoms with Gasteiger partial charge in [0.1, 0.15) is 0 Å². The summed E-state index contributed by atoms with van der Waals surface area (Å²) in [4.78, 5) is 17.8. The van der Waals surface area contributed by atoms with Crippen LogP contribution in [0.1, 0.15) is 71.6 Å². The molecule has 0 amide bonds. The van der Waals surface area contributed by atoms with Gasteiger partial charge < -0.3 is 0 Å². The van der Waals surface area contributed by atoms with Crippen molar-refractivity contribution >= 4 is 16.8 Å². The number of nitrogens with zero attached hydrogens (tertiary/aromatic N) is 3. The Bertz CT molecular complexity index is 949. The Morgan fingerprint density at radius 1 is 1.10 bits per heavy atom. The monoisotopic (exact) mass is 419 g/mol. The third-order valence-electron chi connectivity index (χ3n) is 10.3. The Morgan fingerprint density at radius 3 is 2.84 bits per heavy atom. The van der Waals surface area contributed by atoms with E-state index in [-0.39, 0.29) is 11.3 Å². The molecule has 0 aliphatic heterocycles. The lowest BCUT2D eigenvalue weighted by atomic mass is 9.49. The van der Waals surface area contributed by atoms with Crippen molar-refractivity contribution in [2.45, 2.75) is 78.2 Å². The summed E-state index contributed by atoms with van der Waals surface area (Å²) < 4.78 is 1.83. The molecule has 0 bridgehead atoms. The van der Waals surface area contributed by atoms with Crippen LogP contribution in [0.3, 0.4) is 0 Å². The summed E-state index contributed by atoms with van der Waals surface area (Å²) >= 11 is 0. The molecule has 4 fully saturated rings. The Labute approximate surface area is 186 Å². The van der Waals surface area contributed by atoms with Gasteiger partial charge in [0.25, 0.3) is 0 Å². The summed E-state index contributed by atoms with van der Waals surface area (Å²) in [7, 11) is 0. The number of carbonyl (C=O) groups excluding carboxylic acids is 1. The first-order valence-corrected chi connectivity index (χ1v) is 12.8. The van der Waals surface area contributed by atoms with Gasteiger partial charge in [0, 0.05) is 23.7 Å². The van der Waals surface area contributed by atoms with Crippen molar-refractivity contribution < 1.29 is 4.79 Å². The maximum atomic E-state index is 13.5. The molecule has 4 aliphatic carbocycles. The molecule has 0 spiro atoms. The van der Waals surface area contributed by atoms with Gasteiger partial charge in [-0.1, -0.05) is 20.3 Å². The first-order valence-electron chi connectivity index (χ1n) is 12.8. The molecule has 31 heavy (non-hydrogen) atoms. The van der Waals surface area contributed by atoms with E-state index in [1.807, 2.05) is 23.0 Å². The maximum absolute atomic E-state index is 13.5. The number of rotatable bonds is 3. The molecule has 0 N–H and O–H groups in total. The molecule has 2 unspecified atom stereocenters. The molecule has 4 nitrogen and oxygen atoms in total. The summed E-state index contributed by atoms with van der Waals surface area (Å²) in [5, 5.41) is 5.57. The van der Waals surface area contributed by atoms with Crippen molar-refractivity contribution in [1.82, 2.24) is 14.8 Å². The zero-order chi connectivity index (χ0) is 21.2. The zero-order valence-electron chi connectivity index (χ0n) is 19.2.